The van der Waals surface area contributed by atoms with Gasteiger partial charge in [-0.1, -0.05) is 56.3 Å². The number of anilines is 8. The molecule has 270 valence electrons. The summed E-state index contributed by atoms with van der Waals surface area (Å²) >= 11 is 0. The van der Waals surface area contributed by atoms with Gasteiger partial charge in [-0.15, -0.1) is 6.58 Å². The minimum absolute atomic E-state index is 0.319. The summed E-state index contributed by atoms with van der Waals surface area (Å²) in [5.74, 6) is 2.15. The molecule has 0 fully saturated rings. The average molecular weight is 719 g/mol. The molecule has 4 aromatic carbocycles. The Bertz CT molecular complexity index is 2370. The summed E-state index contributed by atoms with van der Waals surface area (Å²) < 4.78 is 30.3. The van der Waals surface area contributed by atoms with E-state index in [1.54, 1.807) is 43.0 Å². The molecule has 0 saturated heterocycles. The van der Waals surface area contributed by atoms with E-state index < -0.39 is 17.0 Å². The highest BCUT2D eigenvalue weighted by Crippen LogP contribution is 2.67. The van der Waals surface area contributed by atoms with Crippen LogP contribution in [0.3, 0.4) is 0 Å². The van der Waals surface area contributed by atoms with Gasteiger partial charge in [0, 0.05) is 58.4 Å². The SMILES string of the molecule is C=CC1(CC)c2cc(F)ccc2N2c3nccnc3N(c3ccc(F)cc3)C2C1(CC)CC1N(c2ccccc2)c2nccnc2N1c1ccccc1C. The van der Waals surface area contributed by atoms with Crippen molar-refractivity contribution in [2.45, 2.75) is 57.8 Å². The van der Waals surface area contributed by atoms with Gasteiger partial charge in [-0.05, 0) is 98.0 Å². The third-order valence-electron chi connectivity index (χ3n) is 12.0. The summed E-state index contributed by atoms with van der Waals surface area (Å²) in [5.41, 5.74) is 4.04. The van der Waals surface area contributed by atoms with Crippen molar-refractivity contribution in [2.24, 2.45) is 5.41 Å². The van der Waals surface area contributed by atoms with Gasteiger partial charge in [0.05, 0.1) is 0 Å². The monoisotopic (exact) mass is 718 g/mol. The van der Waals surface area contributed by atoms with Gasteiger partial charge >= 0.3 is 0 Å². The van der Waals surface area contributed by atoms with Crippen LogP contribution in [0.15, 0.2) is 135 Å². The Labute approximate surface area is 314 Å². The van der Waals surface area contributed by atoms with Crippen molar-refractivity contribution in [3.05, 3.63) is 157 Å². The van der Waals surface area contributed by atoms with Gasteiger partial charge < -0.3 is 19.6 Å². The van der Waals surface area contributed by atoms with Crippen LogP contribution in [0.5, 0.6) is 0 Å². The summed E-state index contributed by atoms with van der Waals surface area (Å²) in [6.07, 6.45) is 9.93. The number of rotatable bonds is 8. The fourth-order valence-electron chi connectivity index (χ4n) is 9.68. The van der Waals surface area contributed by atoms with Gasteiger partial charge in [-0.3, -0.25) is 0 Å². The fraction of sp³-hybridized carbons (Fsp3) is 0.227. The largest absolute Gasteiger partial charge is 0.302 e. The number of para-hydroxylation sites is 2. The highest BCUT2D eigenvalue weighted by atomic mass is 19.1. The molecule has 3 aliphatic heterocycles. The molecular formula is C44H40F2N8. The van der Waals surface area contributed by atoms with E-state index in [-0.39, 0.29) is 17.8 Å². The number of benzene rings is 4. The molecule has 0 aliphatic carbocycles. The summed E-state index contributed by atoms with van der Waals surface area (Å²) in [6.45, 7) is 11.1. The lowest BCUT2D eigenvalue weighted by molar-refractivity contribution is 0.0763. The summed E-state index contributed by atoms with van der Waals surface area (Å²) in [4.78, 5) is 28.9. The first-order valence-corrected chi connectivity index (χ1v) is 18.5. The van der Waals surface area contributed by atoms with Crippen molar-refractivity contribution < 1.29 is 8.78 Å². The first-order chi connectivity index (χ1) is 26.4. The molecule has 0 N–H and O–H groups in total. The zero-order valence-corrected chi connectivity index (χ0v) is 30.4. The lowest BCUT2D eigenvalue weighted by Crippen LogP contribution is -2.66. The maximum absolute atomic E-state index is 15.7. The third-order valence-corrected chi connectivity index (χ3v) is 12.0. The quantitative estimate of drug-likeness (QED) is 0.144. The van der Waals surface area contributed by atoms with E-state index in [1.807, 2.05) is 36.4 Å². The van der Waals surface area contributed by atoms with E-state index in [0.29, 0.717) is 30.9 Å². The zero-order chi connectivity index (χ0) is 37.2. The van der Waals surface area contributed by atoms with Gasteiger partial charge in [0.15, 0.2) is 23.3 Å². The van der Waals surface area contributed by atoms with E-state index in [2.05, 4.69) is 77.3 Å². The molecule has 54 heavy (non-hydrogen) atoms. The van der Waals surface area contributed by atoms with Crippen LogP contribution >= 0.6 is 0 Å². The topological polar surface area (TPSA) is 64.5 Å². The molecule has 4 unspecified atom stereocenters. The second-order valence-corrected chi connectivity index (χ2v) is 14.2. The normalized spacial score (nSPS) is 22.5. The van der Waals surface area contributed by atoms with Crippen LogP contribution in [-0.2, 0) is 5.41 Å². The Morgan fingerprint density at radius 1 is 0.630 bits per heavy atom. The molecule has 0 amide bonds. The second-order valence-electron chi connectivity index (χ2n) is 14.2. The Morgan fingerprint density at radius 2 is 1.20 bits per heavy atom. The first-order valence-electron chi connectivity index (χ1n) is 18.5. The zero-order valence-electron chi connectivity index (χ0n) is 30.4. The van der Waals surface area contributed by atoms with Crippen LogP contribution in [0.1, 0.15) is 44.2 Å². The van der Waals surface area contributed by atoms with Crippen molar-refractivity contribution in [3.8, 4) is 0 Å². The van der Waals surface area contributed by atoms with Gasteiger partial charge in [0.2, 0.25) is 0 Å². The van der Waals surface area contributed by atoms with Crippen LogP contribution < -0.4 is 19.6 Å². The molecule has 2 aromatic heterocycles. The van der Waals surface area contributed by atoms with Crippen molar-refractivity contribution in [3.63, 3.8) is 0 Å². The molecular weight excluding hydrogens is 679 g/mol. The molecule has 8 nitrogen and oxygen atoms in total. The third kappa shape index (κ3) is 4.65. The fourth-order valence-corrected chi connectivity index (χ4v) is 9.68. The molecule has 3 aliphatic rings. The molecule has 0 bridgehead atoms. The summed E-state index contributed by atoms with van der Waals surface area (Å²) in [7, 11) is 0. The van der Waals surface area contributed by atoms with Crippen LogP contribution in [0.4, 0.5) is 54.8 Å². The van der Waals surface area contributed by atoms with E-state index in [1.165, 1.54) is 18.2 Å². The minimum atomic E-state index is -0.768. The standard InChI is InChI=1S/C44H40F2N8/c1-5-43(6-2)34-27-31(46)19-22-36(34)54-41-39(48-24-26-50-41)52(33-20-17-30(45)18-21-33)42(54)44(43,7-3)28-37-51(32-14-9-8-10-15-32)38-40(49-25-23-47-38)53(37)35-16-12-11-13-29(35)4/h5,8-27,37,42H,1,6-7,28H2,2-4H3. The second kappa shape index (κ2) is 12.8. The maximum atomic E-state index is 15.7. The number of aryl methyl sites for hydroxylation is 1. The number of allylic oxidation sites excluding steroid dienone is 1. The van der Waals surface area contributed by atoms with Gasteiger partial charge in [0.25, 0.3) is 0 Å². The van der Waals surface area contributed by atoms with Gasteiger partial charge in [0.1, 0.15) is 24.0 Å². The number of nitrogens with zero attached hydrogens (tertiary/aromatic N) is 8. The lowest BCUT2D eigenvalue weighted by atomic mass is 9.51. The Hall–Kier alpha value is -6.16. The number of aromatic nitrogens is 4. The summed E-state index contributed by atoms with van der Waals surface area (Å²) in [6, 6.07) is 30.3. The van der Waals surface area contributed by atoms with Crippen LogP contribution in [0.2, 0.25) is 0 Å². The van der Waals surface area contributed by atoms with E-state index in [4.69, 9.17) is 19.9 Å². The molecule has 0 radical (unpaired) electrons. The van der Waals surface area contributed by atoms with E-state index in [9.17, 15) is 4.39 Å². The lowest BCUT2D eigenvalue weighted by Gasteiger charge is -2.61. The number of hydrogen-bond acceptors (Lipinski definition) is 8. The van der Waals surface area contributed by atoms with Gasteiger partial charge in [-0.25, -0.2) is 28.7 Å². The number of halogens is 2. The Kier molecular flexibility index (Phi) is 7.95. The highest BCUT2D eigenvalue weighted by Gasteiger charge is 2.66. The molecule has 5 heterocycles. The van der Waals surface area contributed by atoms with Crippen molar-refractivity contribution in [1.82, 2.24) is 19.9 Å². The maximum Gasteiger partial charge on any atom is 0.178 e. The Morgan fingerprint density at radius 3 is 1.83 bits per heavy atom. The van der Waals surface area contributed by atoms with E-state index >= 15 is 4.39 Å². The van der Waals surface area contributed by atoms with Crippen LogP contribution in [0, 0.1) is 24.0 Å². The molecule has 0 spiro atoms. The molecule has 4 atom stereocenters. The molecule has 10 heteroatoms. The molecule has 9 rings (SSSR count). The predicted molar refractivity (Wildman–Crippen MR) is 210 cm³/mol. The molecule has 6 aromatic rings. The predicted octanol–water partition coefficient (Wildman–Crippen LogP) is 10.4. The molecule has 0 saturated carbocycles. The van der Waals surface area contributed by atoms with Crippen molar-refractivity contribution >= 4 is 46.0 Å². The minimum Gasteiger partial charge on any atom is -0.302 e. The van der Waals surface area contributed by atoms with Crippen molar-refractivity contribution in [1.29, 1.82) is 0 Å². The first kappa shape index (κ1) is 33.7. The van der Waals surface area contributed by atoms with Crippen LogP contribution in [-0.4, -0.2) is 32.3 Å². The highest BCUT2D eigenvalue weighted by molar-refractivity contribution is 5.88. The van der Waals surface area contributed by atoms with E-state index in [0.717, 1.165) is 45.5 Å². The Balaban J connectivity index is 1.37. The summed E-state index contributed by atoms with van der Waals surface area (Å²) in [5, 5.41) is 0. The number of hydrogen-bond donors (Lipinski definition) is 0. The average Bonchev–Trinajstić information content (AvgIpc) is 3.72. The smallest absolute Gasteiger partial charge is 0.178 e. The number of fused-ring (bicyclic) bond motifs is 6. The van der Waals surface area contributed by atoms with Crippen molar-refractivity contribution in [2.75, 3.05) is 19.6 Å². The van der Waals surface area contributed by atoms with Crippen LogP contribution in [0.25, 0.3) is 0 Å². The van der Waals surface area contributed by atoms with Gasteiger partial charge in [-0.2, -0.15) is 0 Å².